The van der Waals surface area contributed by atoms with E-state index in [1.165, 1.54) is 0 Å². The summed E-state index contributed by atoms with van der Waals surface area (Å²) in [6, 6.07) is 6.67. The van der Waals surface area contributed by atoms with Gasteiger partial charge in [0.05, 0.1) is 4.90 Å². The highest BCUT2D eigenvalue weighted by Gasteiger charge is 2.16. The van der Waals surface area contributed by atoms with Crippen molar-refractivity contribution in [2.75, 3.05) is 6.54 Å². The highest BCUT2D eigenvalue weighted by Crippen LogP contribution is 2.17. The molecule has 1 atom stereocenters. The number of hydrogen-bond acceptors (Lipinski definition) is 3. The molecular formula is C12H20N2O2S. The SMILES string of the molecule is CC(CN)NS(=O)(=O)c1ccc(C(C)C)cc1. The van der Waals surface area contributed by atoms with Crippen molar-refractivity contribution in [3.05, 3.63) is 29.8 Å². The maximum Gasteiger partial charge on any atom is 0.240 e. The molecule has 1 aromatic carbocycles. The zero-order valence-corrected chi connectivity index (χ0v) is 11.3. The summed E-state index contributed by atoms with van der Waals surface area (Å²) in [5, 5.41) is 0. The minimum absolute atomic E-state index is 0.259. The van der Waals surface area contributed by atoms with Crippen LogP contribution in [-0.4, -0.2) is 21.0 Å². The van der Waals surface area contributed by atoms with E-state index >= 15 is 0 Å². The molecule has 0 spiro atoms. The Kier molecular flexibility index (Phi) is 4.68. The van der Waals surface area contributed by atoms with Crippen LogP contribution in [-0.2, 0) is 10.0 Å². The molecule has 0 aromatic heterocycles. The Morgan fingerprint density at radius 2 is 1.71 bits per heavy atom. The molecule has 0 bridgehead atoms. The smallest absolute Gasteiger partial charge is 0.240 e. The van der Waals surface area contributed by atoms with E-state index in [0.29, 0.717) is 5.92 Å². The minimum atomic E-state index is -3.44. The lowest BCUT2D eigenvalue weighted by molar-refractivity contribution is 0.562. The average Bonchev–Trinajstić information content (AvgIpc) is 2.28. The lowest BCUT2D eigenvalue weighted by Crippen LogP contribution is -2.37. The normalized spacial score (nSPS) is 13.9. The fraction of sp³-hybridized carbons (Fsp3) is 0.500. The van der Waals surface area contributed by atoms with Crippen LogP contribution in [0.25, 0.3) is 0 Å². The summed E-state index contributed by atoms with van der Waals surface area (Å²) in [5.41, 5.74) is 6.52. The molecule has 0 saturated carbocycles. The second-order valence-corrected chi connectivity index (χ2v) is 6.20. The zero-order valence-electron chi connectivity index (χ0n) is 10.5. The van der Waals surface area contributed by atoms with Crippen molar-refractivity contribution < 1.29 is 8.42 Å². The molecule has 1 aromatic rings. The lowest BCUT2D eigenvalue weighted by atomic mass is 10.0. The molecule has 0 radical (unpaired) electrons. The molecule has 3 N–H and O–H groups in total. The van der Waals surface area contributed by atoms with Crippen LogP contribution >= 0.6 is 0 Å². The number of benzene rings is 1. The predicted octanol–water partition coefficient (Wildman–Crippen LogP) is 1.44. The van der Waals surface area contributed by atoms with Crippen molar-refractivity contribution in [3.8, 4) is 0 Å². The third kappa shape index (κ3) is 3.80. The van der Waals surface area contributed by atoms with Crippen LogP contribution in [0.1, 0.15) is 32.3 Å². The summed E-state index contributed by atoms with van der Waals surface area (Å²) >= 11 is 0. The van der Waals surface area contributed by atoms with Gasteiger partial charge in [-0.05, 0) is 30.5 Å². The van der Waals surface area contributed by atoms with Crippen LogP contribution in [0.4, 0.5) is 0 Å². The van der Waals surface area contributed by atoms with E-state index in [1.54, 1.807) is 19.1 Å². The Morgan fingerprint density at radius 3 is 2.12 bits per heavy atom. The summed E-state index contributed by atoms with van der Waals surface area (Å²) < 4.78 is 26.4. The Labute approximate surface area is 103 Å². The van der Waals surface area contributed by atoms with Crippen molar-refractivity contribution in [2.45, 2.75) is 37.6 Å². The molecule has 17 heavy (non-hydrogen) atoms. The fourth-order valence-electron chi connectivity index (χ4n) is 1.41. The molecule has 0 amide bonds. The molecule has 96 valence electrons. The Balaban J connectivity index is 2.92. The zero-order chi connectivity index (χ0) is 13.1. The van der Waals surface area contributed by atoms with E-state index < -0.39 is 10.0 Å². The molecular weight excluding hydrogens is 236 g/mol. The Bertz CT molecular complexity index is 452. The van der Waals surface area contributed by atoms with Gasteiger partial charge in [0.25, 0.3) is 0 Å². The highest BCUT2D eigenvalue weighted by molar-refractivity contribution is 7.89. The fourth-order valence-corrected chi connectivity index (χ4v) is 2.67. The van der Waals surface area contributed by atoms with E-state index in [1.807, 2.05) is 12.1 Å². The van der Waals surface area contributed by atoms with Gasteiger partial charge < -0.3 is 5.73 Å². The Hall–Kier alpha value is -0.910. The van der Waals surface area contributed by atoms with Gasteiger partial charge in [0.1, 0.15) is 0 Å². The van der Waals surface area contributed by atoms with Gasteiger partial charge in [0.2, 0.25) is 10.0 Å². The van der Waals surface area contributed by atoms with E-state index in [2.05, 4.69) is 18.6 Å². The molecule has 5 heteroatoms. The van der Waals surface area contributed by atoms with Crippen LogP contribution in [0.3, 0.4) is 0 Å². The van der Waals surface area contributed by atoms with Gasteiger partial charge in [-0.2, -0.15) is 0 Å². The monoisotopic (exact) mass is 256 g/mol. The number of hydrogen-bond donors (Lipinski definition) is 2. The number of sulfonamides is 1. The molecule has 0 aliphatic heterocycles. The maximum absolute atomic E-state index is 11.9. The van der Waals surface area contributed by atoms with E-state index in [4.69, 9.17) is 5.73 Å². The molecule has 1 rings (SSSR count). The highest BCUT2D eigenvalue weighted by atomic mass is 32.2. The molecule has 0 saturated heterocycles. The van der Waals surface area contributed by atoms with Gasteiger partial charge >= 0.3 is 0 Å². The topological polar surface area (TPSA) is 72.2 Å². The van der Waals surface area contributed by atoms with Gasteiger partial charge in [-0.3, -0.25) is 0 Å². The second-order valence-electron chi connectivity index (χ2n) is 4.48. The van der Waals surface area contributed by atoms with Crippen molar-refractivity contribution in [1.82, 2.24) is 4.72 Å². The van der Waals surface area contributed by atoms with Crippen LogP contribution < -0.4 is 10.5 Å². The third-order valence-electron chi connectivity index (χ3n) is 2.57. The van der Waals surface area contributed by atoms with E-state index in [9.17, 15) is 8.42 Å². The van der Waals surface area contributed by atoms with Gasteiger partial charge in [-0.15, -0.1) is 0 Å². The molecule has 0 aliphatic rings. The minimum Gasteiger partial charge on any atom is -0.329 e. The summed E-state index contributed by atoms with van der Waals surface area (Å²) in [6.07, 6.45) is 0. The van der Waals surface area contributed by atoms with Crippen LogP contribution in [0.2, 0.25) is 0 Å². The molecule has 0 fully saturated rings. The van der Waals surface area contributed by atoms with Crippen molar-refractivity contribution in [2.24, 2.45) is 5.73 Å². The first-order chi connectivity index (χ1) is 7.86. The first-order valence-corrected chi connectivity index (χ1v) is 7.17. The van der Waals surface area contributed by atoms with E-state index in [-0.39, 0.29) is 17.5 Å². The van der Waals surface area contributed by atoms with Crippen molar-refractivity contribution in [3.63, 3.8) is 0 Å². The van der Waals surface area contributed by atoms with Crippen LogP contribution in [0.15, 0.2) is 29.2 Å². The largest absolute Gasteiger partial charge is 0.329 e. The van der Waals surface area contributed by atoms with Gasteiger partial charge in [0, 0.05) is 12.6 Å². The van der Waals surface area contributed by atoms with Gasteiger partial charge in [-0.25, -0.2) is 13.1 Å². The van der Waals surface area contributed by atoms with Crippen molar-refractivity contribution in [1.29, 1.82) is 0 Å². The quantitative estimate of drug-likeness (QED) is 0.837. The van der Waals surface area contributed by atoms with Crippen LogP contribution in [0.5, 0.6) is 0 Å². The van der Waals surface area contributed by atoms with Gasteiger partial charge in [0.15, 0.2) is 0 Å². The molecule has 4 nitrogen and oxygen atoms in total. The Morgan fingerprint density at radius 1 is 1.18 bits per heavy atom. The molecule has 0 aliphatic carbocycles. The third-order valence-corrected chi connectivity index (χ3v) is 4.17. The number of rotatable bonds is 5. The standard InChI is InChI=1S/C12H20N2O2S/c1-9(2)11-4-6-12(7-5-11)17(15,16)14-10(3)8-13/h4-7,9-10,14H,8,13H2,1-3H3. The molecule has 0 heterocycles. The lowest BCUT2D eigenvalue weighted by Gasteiger charge is -2.12. The van der Waals surface area contributed by atoms with Crippen LogP contribution in [0, 0.1) is 0 Å². The number of nitrogens with two attached hydrogens (primary N) is 1. The van der Waals surface area contributed by atoms with Gasteiger partial charge in [-0.1, -0.05) is 26.0 Å². The number of nitrogens with one attached hydrogen (secondary N) is 1. The maximum atomic E-state index is 11.9. The first-order valence-electron chi connectivity index (χ1n) is 5.69. The summed E-state index contributed by atoms with van der Waals surface area (Å²) in [5.74, 6) is 0.391. The van der Waals surface area contributed by atoms with Crippen molar-refractivity contribution >= 4 is 10.0 Å². The average molecular weight is 256 g/mol. The first kappa shape index (κ1) is 14.2. The molecule has 1 unspecified atom stereocenters. The summed E-state index contributed by atoms with van der Waals surface area (Å²) in [7, 11) is -3.44. The predicted molar refractivity (Wildman–Crippen MR) is 69.4 cm³/mol. The summed E-state index contributed by atoms with van der Waals surface area (Å²) in [4.78, 5) is 0.280. The van der Waals surface area contributed by atoms with E-state index in [0.717, 1.165) is 5.56 Å². The second kappa shape index (κ2) is 5.62. The summed E-state index contributed by atoms with van der Waals surface area (Å²) in [6.45, 7) is 6.15.